The van der Waals surface area contributed by atoms with Crippen molar-refractivity contribution in [1.82, 2.24) is 10.6 Å². The van der Waals surface area contributed by atoms with Crippen LogP contribution < -0.4 is 21.7 Å². The van der Waals surface area contributed by atoms with Crippen molar-refractivity contribution >= 4 is 23.5 Å². The van der Waals surface area contributed by atoms with E-state index in [4.69, 9.17) is 5.73 Å². The number of amides is 4. The van der Waals surface area contributed by atoms with Gasteiger partial charge in [0.2, 0.25) is 0 Å². The number of carbonyl (C=O) groups excluding carboxylic acids is 3. The molecule has 0 bridgehead atoms. The number of hydrogen-bond acceptors (Lipinski definition) is 3. The van der Waals surface area contributed by atoms with Gasteiger partial charge in [0.15, 0.2) is 0 Å². The zero-order chi connectivity index (χ0) is 20.7. The van der Waals surface area contributed by atoms with E-state index in [1.54, 1.807) is 17.4 Å². The quantitative estimate of drug-likeness (QED) is 0.603. The zero-order valence-electron chi connectivity index (χ0n) is 14.5. The Kier molecular flexibility index (Phi) is 6.59. The van der Waals surface area contributed by atoms with Crippen molar-refractivity contribution in [2.45, 2.75) is 12.7 Å². The van der Waals surface area contributed by atoms with E-state index in [0.717, 1.165) is 0 Å². The molecule has 0 saturated heterocycles. The summed E-state index contributed by atoms with van der Waals surface area (Å²) in [7, 11) is 0. The summed E-state index contributed by atoms with van der Waals surface area (Å²) in [6.07, 6.45) is -4.54. The predicted octanol–water partition coefficient (Wildman–Crippen LogP) is 2.40. The zero-order valence-corrected chi connectivity index (χ0v) is 14.5. The molecule has 2 aromatic rings. The van der Waals surface area contributed by atoms with Crippen molar-refractivity contribution in [2.75, 3.05) is 11.9 Å². The number of carbonyl (C=O) groups is 3. The van der Waals surface area contributed by atoms with Crippen LogP contribution in [0.2, 0.25) is 0 Å². The molecule has 0 heterocycles. The molecule has 10 heteroatoms. The van der Waals surface area contributed by atoms with Gasteiger partial charge in [0, 0.05) is 12.1 Å². The molecule has 7 nitrogen and oxygen atoms in total. The van der Waals surface area contributed by atoms with Gasteiger partial charge < -0.3 is 21.7 Å². The topological polar surface area (TPSA) is 113 Å². The summed E-state index contributed by atoms with van der Waals surface area (Å²) in [6, 6.07) is 11.2. The minimum absolute atomic E-state index is 0.0756. The lowest BCUT2D eigenvalue weighted by Gasteiger charge is -2.13. The number of benzene rings is 2. The average molecular weight is 394 g/mol. The highest BCUT2D eigenvalue weighted by molar-refractivity contribution is 6.09. The van der Waals surface area contributed by atoms with E-state index in [2.05, 4.69) is 10.6 Å². The highest BCUT2D eigenvalue weighted by Crippen LogP contribution is 2.18. The lowest BCUT2D eigenvalue weighted by atomic mass is 10.1. The van der Waals surface area contributed by atoms with E-state index >= 15 is 0 Å². The molecule has 0 saturated carbocycles. The fourth-order valence-electron chi connectivity index (χ4n) is 2.22. The lowest BCUT2D eigenvalue weighted by molar-refractivity contribution is -0.123. The van der Waals surface area contributed by atoms with Gasteiger partial charge >= 0.3 is 12.2 Å². The number of rotatable bonds is 6. The normalized spacial score (nSPS) is 10.8. The second kappa shape index (κ2) is 8.89. The number of hydrogen-bond donors (Lipinski definition) is 4. The molecule has 0 atom stereocenters. The molecule has 0 spiro atoms. The van der Waals surface area contributed by atoms with Crippen LogP contribution in [-0.4, -0.2) is 30.6 Å². The standard InChI is InChI=1S/C18H17F3N4O3/c19-18(20,21)10-24-16(27)13-3-1-2-4-14(13)25-15(26)12-7-5-11(6-8-12)9-23-17(22)28/h1-8H,9-10H2,(H,24,27)(H,25,26)(H3,22,23,28). The Labute approximate surface area is 158 Å². The van der Waals surface area contributed by atoms with E-state index in [9.17, 15) is 27.6 Å². The van der Waals surface area contributed by atoms with Gasteiger partial charge in [-0.05, 0) is 29.8 Å². The summed E-state index contributed by atoms with van der Waals surface area (Å²) in [5, 5.41) is 6.67. The molecule has 148 valence electrons. The summed E-state index contributed by atoms with van der Waals surface area (Å²) < 4.78 is 36.8. The van der Waals surface area contributed by atoms with Crippen LogP contribution >= 0.6 is 0 Å². The third-order valence-corrected chi connectivity index (χ3v) is 3.55. The number of primary amides is 1. The number of halogens is 3. The molecule has 28 heavy (non-hydrogen) atoms. The van der Waals surface area contributed by atoms with Crippen molar-refractivity contribution in [2.24, 2.45) is 5.73 Å². The fraction of sp³-hybridized carbons (Fsp3) is 0.167. The number of para-hydroxylation sites is 1. The first-order valence-corrected chi connectivity index (χ1v) is 8.03. The summed E-state index contributed by atoms with van der Waals surface area (Å²) in [5.74, 6) is -1.51. The summed E-state index contributed by atoms with van der Waals surface area (Å²) in [6.45, 7) is -1.28. The minimum atomic E-state index is -4.54. The fourth-order valence-corrected chi connectivity index (χ4v) is 2.22. The predicted molar refractivity (Wildman–Crippen MR) is 95.6 cm³/mol. The van der Waals surface area contributed by atoms with E-state index in [1.807, 2.05) is 0 Å². The first-order valence-electron chi connectivity index (χ1n) is 8.03. The number of urea groups is 1. The van der Waals surface area contributed by atoms with Gasteiger partial charge in [-0.3, -0.25) is 9.59 Å². The first-order chi connectivity index (χ1) is 13.2. The number of nitrogens with two attached hydrogens (primary N) is 1. The van der Waals surface area contributed by atoms with Crippen LogP contribution in [0, 0.1) is 0 Å². The van der Waals surface area contributed by atoms with Crippen molar-refractivity contribution in [3.63, 3.8) is 0 Å². The largest absolute Gasteiger partial charge is 0.405 e. The van der Waals surface area contributed by atoms with Crippen molar-refractivity contribution in [3.8, 4) is 0 Å². The monoisotopic (exact) mass is 394 g/mol. The number of nitrogens with one attached hydrogen (secondary N) is 3. The number of alkyl halides is 3. The second-order valence-electron chi connectivity index (χ2n) is 5.71. The maximum absolute atomic E-state index is 12.4. The van der Waals surface area contributed by atoms with Crippen LogP contribution in [0.25, 0.3) is 0 Å². The van der Waals surface area contributed by atoms with Crippen molar-refractivity contribution in [3.05, 3.63) is 65.2 Å². The summed E-state index contributed by atoms with van der Waals surface area (Å²) in [4.78, 5) is 35.1. The molecule has 0 radical (unpaired) electrons. The van der Waals surface area contributed by atoms with Crippen LogP contribution in [0.1, 0.15) is 26.3 Å². The van der Waals surface area contributed by atoms with Gasteiger partial charge in [0.05, 0.1) is 11.3 Å². The molecule has 0 aliphatic rings. The lowest BCUT2D eigenvalue weighted by Crippen LogP contribution is -2.34. The highest BCUT2D eigenvalue weighted by Gasteiger charge is 2.28. The molecule has 0 aliphatic carbocycles. The molecule has 0 aromatic heterocycles. The van der Waals surface area contributed by atoms with E-state index in [-0.39, 0.29) is 23.4 Å². The van der Waals surface area contributed by atoms with Gasteiger partial charge in [-0.15, -0.1) is 0 Å². The second-order valence-corrected chi connectivity index (χ2v) is 5.71. The van der Waals surface area contributed by atoms with Gasteiger partial charge in [0.25, 0.3) is 11.8 Å². The Balaban J connectivity index is 2.08. The third-order valence-electron chi connectivity index (χ3n) is 3.55. The molecule has 2 aromatic carbocycles. The van der Waals surface area contributed by atoms with E-state index in [0.29, 0.717) is 5.56 Å². The Morgan fingerprint density at radius 3 is 2.14 bits per heavy atom. The Morgan fingerprint density at radius 1 is 0.893 bits per heavy atom. The van der Waals surface area contributed by atoms with Gasteiger partial charge in [-0.2, -0.15) is 13.2 Å². The van der Waals surface area contributed by atoms with Crippen molar-refractivity contribution in [1.29, 1.82) is 0 Å². The summed E-state index contributed by atoms with van der Waals surface area (Å²) >= 11 is 0. The Hall–Kier alpha value is -3.56. The van der Waals surface area contributed by atoms with E-state index in [1.165, 1.54) is 36.4 Å². The van der Waals surface area contributed by atoms with Crippen LogP contribution in [0.5, 0.6) is 0 Å². The Morgan fingerprint density at radius 2 is 1.54 bits per heavy atom. The molecule has 5 N–H and O–H groups in total. The molecule has 0 aliphatic heterocycles. The first kappa shape index (κ1) is 20.7. The maximum Gasteiger partial charge on any atom is 0.405 e. The van der Waals surface area contributed by atoms with Crippen LogP contribution in [0.15, 0.2) is 48.5 Å². The average Bonchev–Trinajstić information content (AvgIpc) is 2.64. The number of anilines is 1. The van der Waals surface area contributed by atoms with Crippen LogP contribution in [0.3, 0.4) is 0 Å². The molecular formula is C18H17F3N4O3. The maximum atomic E-state index is 12.4. The minimum Gasteiger partial charge on any atom is -0.352 e. The SMILES string of the molecule is NC(=O)NCc1ccc(C(=O)Nc2ccccc2C(=O)NCC(F)(F)F)cc1. The Bertz CT molecular complexity index is 867. The molecule has 4 amide bonds. The van der Waals surface area contributed by atoms with Gasteiger partial charge in [-0.1, -0.05) is 24.3 Å². The van der Waals surface area contributed by atoms with Crippen LogP contribution in [0.4, 0.5) is 23.7 Å². The third kappa shape index (κ3) is 6.31. The molecular weight excluding hydrogens is 377 g/mol. The van der Waals surface area contributed by atoms with Gasteiger partial charge in [0.1, 0.15) is 6.54 Å². The van der Waals surface area contributed by atoms with Crippen LogP contribution in [-0.2, 0) is 6.54 Å². The molecule has 0 fully saturated rings. The summed E-state index contributed by atoms with van der Waals surface area (Å²) in [5.41, 5.74) is 5.93. The molecule has 0 unspecified atom stereocenters. The molecule has 2 rings (SSSR count). The smallest absolute Gasteiger partial charge is 0.352 e. The van der Waals surface area contributed by atoms with Crippen molar-refractivity contribution < 1.29 is 27.6 Å². The van der Waals surface area contributed by atoms with Gasteiger partial charge in [-0.25, -0.2) is 4.79 Å². The van der Waals surface area contributed by atoms with E-state index < -0.39 is 30.6 Å². The highest BCUT2D eigenvalue weighted by atomic mass is 19.4.